The van der Waals surface area contributed by atoms with Gasteiger partial charge in [0.05, 0.1) is 31.1 Å². The zero-order valence-electron chi connectivity index (χ0n) is 22.3. The maximum atomic E-state index is 13.8. The average molecular weight is 517 g/mol. The Morgan fingerprint density at radius 2 is 1.74 bits per heavy atom. The first-order valence-corrected chi connectivity index (χ1v) is 13.3. The van der Waals surface area contributed by atoms with Crippen LogP contribution in [-0.4, -0.2) is 49.2 Å². The second-order valence-corrected chi connectivity index (χ2v) is 11.3. The lowest BCUT2D eigenvalue weighted by atomic mass is 9.73. The Labute approximate surface area is 223 Å². The molecule has 3 N–H and O–H groups in total. The van der Waals surface area contributed by atoms with E-state index in [1.54, 1.807) is 7.11 Å². The minimum absolute atomic E-state index is 0.0335. The molecule has 3 aliphatic rings. The largest absolute Gasteiger partial charge is 0.497 e. The van der Waals surface area contributed by atoms with Crippen molar-refractivity contribution in [2.24, 2.45) is 17.1 Å². The third-order valence-corrected chi connectivity index (χ3v) is 7.99. The van der Waals surface area contributed by atoms with Crippen LogP contribution in [0.2, 0.25) is 0 Å². The lowest BCUT2D eigenvalue weighted by molar-refractivity contribution is -0.133. The van der Waals surface area contributed by atoms with Crippen molar-refractivity contribution < 1.29 is 19.1 Å². The van der Waals surface area contributed by atoms with Gasteiger partial charge in [0, 0.05) is 36.7 Å². The van der Waals surface area contributed by atoms with Gasteiger partial charge in [-0.25, -0.2) is 0 Å². The molecule has 0 saturated carbocycles. The number of primary amides is 1. The van der Waals surface area contributed by atoms with Crippen molar-refractivity contribution in [1.82, 2.24) is 4.90 Å². The molecule has 1 fully saturated rings. The van der Waals surface area contributed by atoms with Gasteiger partial charge in [-0.15, -0.1) is 0 Å². The first-order valence-electron chi connectivity index (χ1n) is 13.3. The molecule has 2 aromatic carbocycles. The Hall–Kier alpha value is -3.81. The molecular weight excluding hydrogens is 480 g/mol. The Balaban J connectivity index is 1.58. The molecule has 2 aliphatic heterocycles. The summed E-state index contributed by atoms with van der Waals surface area (Å²) in [6.07, 6.45) is 2.32. The number of rotatable bonds is 5. The highest BCUT2D eigenvalue weighted by atomic mass is 16.5. The number of para-hydroxylation sites is 2. The van der Waals surface area contributed by atoms with Crippen molar-refractivity contribution in [2.45, 2.75) is 45.6 Å². The van der Waals surface area contributed by atoms with Crippen LogP contribution in [0.25, 0.3) is 0 Å². The molecule has 1 unspecified atom stereocenters. The number of methoxy groups -OCH3 is 1. The summed E-state index contributed by atoms with van der Waals surface area (Å²) in [6, 6.07) is 15.2. The number of Topliss-reactive ketones (excluding diaryl/α,β-unsaturated/α-hetero) is 1. The number of hydrogen-bond acceptors (Lipinski definition) is 6. The monoisotopic (exact) mass is 516 g/mol. The zero-order valence-corrected chi connectivity index (χ0v) is 22.3. The van der Waals surface area contributed by atoms with Crippen LogP contribution >= 0.6 is 0 Å². The highest BCUT2D eigenvalue weighted by Crippen LogP contribution is 2.48. The minimum Gasteiger partial charge on any atom is -0.497 e. The summed E-state index contributed by atoms with van der Waals surface area (Å²) < 4.78 is 5.39. The number of amides is 2. The summed E-state index contributed by atoms with van der Waals surface area (Å²) >= 11 is 0. The highest BCUT2D eigenvalue weighted by molar-refractivity contribution is 6.02. The van der Waals surface area contributed by atoms with E-state index in [1.807, 2.05) is 53.4 Å². The molecule has 2 heterocycles. The molecule has 8 heteroatoms. The van der Waals surface area contributed by atoms with Crippen LogP contribution in [0, 0.1) is 11.3 Å². The second-order valence-electron chi connectivity index (χ2n) is 11.3. The number of nitrogens with two attached hydrogens (primary N) is 1. The number of carbonyl (C=O) groups is 3. The molecule has 0 spiro atoms. The van der Waals surface area contributed by atoms with E-state index in [1.165, 1.54) is 0 Å². The van der Waals surface area contributed by atoms with Crippen LogP contribution in [0.15, 0.2) is 59.8 Å². The van der Waals surface area contributed by atoms with E-state index >= 15 is 0 Å². The molecule has 200 valence electrons. The number of carbonyl (C=O) groups excluding carboxylic acids is 3. The molecule has 2 aromatic rings. The molecule has 1 atom stereocenters. The summed E-state index contributed by atoms with van der Waals surface area (Å²) in [5, 5.41) is 3.59. The predicted molar refractivity (Wildman–Crippen MR) is 147 cm³/mol. The first-order chi connectivity index (χ1) is 18.2. The van der Waals surface area contributed by atoms with Crippen molar-refractivity contribution in [3.05, 3.63) is 65.4 Å². The Morgan fingerprint density at radius 1 is 1.05 bits per heavy atom. The number of ketones is 1. The number of hydrogen-bond donors (Lipinski definition) is 2. The molecule has 38 heavy (non-hydrogen) atoms. The summed E-state index contributed by atoms with van der Waals surface area (Å²) in [7, 11) is 1.63. The minimum atomic E-state index is -0.442. The predicted octanol–water partition coefficient (Wildman–Crippen LogP) is 4.04. The number of anilines is 2. The van der Waals surface area contributed by atoms with Gasteiger partial charge in [0.1, 0.15) is 5.75 Å². The van der Waals surface area contributed by atoms with Crippen molar-refractivity contribution in [1.29, 1.82) is 0 Å². The molecule has 1 aliphatic carbocycles. The standard InChI is InChI=1S/C30H36N4O4/c1-30(2)16-23-27(25(35)17-30)28(19-8-10-21(38-3)11-9-19)34(24-7-5-4-6-22(24)32-23)18-26(36)33-14-12-20(13-15-33)29(31)37/h4-11,20,28,32H,12-18H2,1-3H3,(H2,31,37). The summed E-state index contributed by atoms with van der Waals surface area (Å²) in [5.74, 6) is 0.296. The number of ether oxygens (including phenoxy) is 1. The topological polar surface area (TPSA) is 105 Å². The fourth-order valence-electron chi connectivity index (χ4n) is 6.02. The van der Waals surface area contributed by atoms with Gasteiger partial charge in [-0.05, 0) is 54.5 Å². The van der Waals surface area contributed by atoms with Gasteiger partial charge in [0.15, 0.2) is 5.78 Å². The van der Waals surface area contributed by atoms with Crippen molar-refractivity contribution in [3.8, 4) is 5.75 Å². The average Bonchev–Trinajstić information content (AvgIpc) is 3.02. The van der Waals surface area contributed by atoms with Crippen LogP contribution in [0.3, 0.4) is 0 Å². The number of allylic oxidation sites excluding steroid dienone is 1. The first kappa shape index (κ1) is 25.8. The smallest absolute Gasteiger partial charge is 0.242 e. The SMILES string of the molecule is COc1ccc(C2C3=C(CC(C)(C)CC3=O)Nc3ccccc3N2CC(=O)N2CCC(C(N)=O)CC2)cc1. The normalized spacial score (nSPS) is 21.2. The van der Waals surface area contributed by atoms with Crippen LogP contribution in [0.4, 0.5) is 11.4 Å². The summed E-state index contributed by atoms with van der Waals surface area (Å²) in [4.78, 5) is 43.0. The fourth-order valence-corrected chi connectivity index (χ4v) is 6.02. The van der Waals surface area contributed by atoms with Crippen molar-refractivity contribution in [3.63, 3.8) is 0 Å². The highest BCUT2D eigenvalue weighted by Gasteiger charge is 2.42. The second kappa shape index (κ2) is 10.2. The molecule has 1 saturated heterocycles. The van der Waals surface area contributed by atoms with Crippen LogP contribution in [-0.2, 0) is 14.4 Å². The van der Waals surface area contributed by atoms with Crippen LogP contribution < -0.4 is 20.7 Å². The van der Waals surface area contributed by atoms with E-state index in [0.717, 1.165) is 34.8 Å². The number of nitrogens with one attached hydrogen (secondary N) is 1. The van der Waals surface area contributed by atoms with E-state index in [9.17, 15) is 14.4 Å². The summed E-state index contributed by atoms with van der Waals surface area (Å²) in [5.41, 5.74) is 9.63. The number of benzene rings is 2. The zero-order chi connectivity index (χ0) is 27.0. The molecule has 5 rings (SSSR count). The maximum Gasteiger partial charge on any atom is 0.242 e. The molecular formula is C30H36N4O4. The Bertz CT molecular complexity index is 1280. The molecule has 0 bridgehead atoms. The third-order valence-electron chi connectivity index (χ3n) is 7.99. The Kier molecular flexibility index (Phi) is 6.90. The third kappa shape index (κ3) is 4.99. The van der Waals surface area contributed by atoms with Crippen LogP contribution in [0.1, 0.15) is 51.1 Å². The summed E-state index contributed by atoms with van der Waals surface area (Å²) in [6.45, 7) is 5.33. The van der Waals surface area contributed by atoms with Gasteiger partial charge in [-0.2, -0.15) is 0 Å². The molecule has 0 aromatic heterocycles. The number of nitrogens with zero attached hydrogens (tertiary/aromatic N) is 2. The van der Waals surface area contributed by atoms with Gasteiger partial charge >= 0.3 is 0 Å². The van der Waals surface area contributed by atoms with E-state index < -0.39 is 6.04 Å². The van der Waals surface area contributed by atoms with E-state index in [-0.39, 0.29) is 35.5 Å². The van der Waals surface area contributed by atoms with Crippen LogP contribution in [0.5, 0.6) is 5.75 Å². The van der Waals surface area contributed by atoms with Gasteiger partial charge in [-0.1, -0.05) is 38.1 Å². The quantitative estimate of drug-likeness (QED) is 0.622. The number of fused-ring (bicyclic) bond motifs is 1. The molecule has 0 radical (unpaired) electrons. The van der Waals surface area contributed by atoms with Gasteiger partial charge in [-0.3, -0.25) is 14.4 Å². The van der Waals surface area contributed by atoms with Gasteiger partial charge < -0.3 is 25.6 Å². The lowest BCUT2D eigenvalue weighted by Gasteiger charge is -2.39. The Morgan fingerprint density at radius 3 is 2.39 bits per heavy atom. The lowest BCUT2D eigenvalue weighted by Crippen LogP contribution is -2.47. The molecule has 8 nitrogen and oxygen atoms in total. The molecule has 2 amide bonds. The van der Waals surface area contributed by atoms with E-state index in [0.29, 0.717) is 37.9 Å². The number of piperidine rings is 1. The maximum absolute atomic E-state index is 13.8. The van der Waals surface area contributed by atoms with Crippen molar-refractivity contribution >= 4 is 29.0 Å². The van der Waals surface area contributed by atoms with Gasteiger partial charge in [0.25, 0.3) is 0 Å². The van der Waals surface area contributed by atoms with Gasteiger partial charge in [0.2, 0.25) is 11.8 Å². The fraction of sp³-hybridized carbons (Fsp3) is 0.433. The van der Waals surface area contributed by atoms with E-state index in [2.05, 4.69) is 24.1 Å². The van der Waals surface area contributed by atoms with E-state index in [4.69, 9.17) is 10.5 Å². The van der Waals surface area contributed by atoms with Crippen molar-refractivity contribution in [2.75, 3.05) is 37.0 Å². The number of likely N-dealkylation sites (tertiary alicyclic amines) is 1.